The Bertz CT molecular complexity index is 720. The Morgan fingerprint density at radius 2 is 2.08 bits per heavy atom. The Kier molecular flexibility index (Phi) is 5.50. The number of carbonyl (C=O) groups is 2. The summed E-state index contributed by atoms with van der Waals surface area (Å²) in [5.41, 5.74) is 6.47. The van der Waals surface area contributed by atoms with Gasteiger partial charge in [-0.3, -0.25) is 25.3 Å². The molecule has 0 radical (unpaired) electrons. The van der Waals surface area contributed by atoms with Crippen molar-refractivity contribution in [3.63, 3.8) is 0 Å². The number of nitrogens with zero attached hydrogens (tertiary/aromatic N) is 1. The second kappa shape index (κ2) is 7.79. The topological polar surface area (TPSA) is 61.4 Å². The molecule has 3 rings (SSSR count). The van der Waals surface area contributed by atoms with Gasteiger partial charge in [-0.2, -0.15) is 11.3 Å². The van der Waals surface area contributed by atoms with Gasteiger partial charge in [0.15, 0.2) is 0 Å². The van der Waals surface area contributed by atoms with Crippen molar-refractivity contribution in [2.24, 2.45) is 0 Å². The summed E-state index contributed by atoms with van der Waals surface area (Å²) in [5.74, 6) is -0.665. The number of benzene rings is 1. The lowest BCUT2D eigenvalue weighted by Crippen LogP contribution is -2.46. The average molecular weight is 364 g/mol. The first-order valence-electron chi connectivity index (χ1n) is 7.75. The van der Waals surface area contributed by atoms with Gasteiger partial charge in [-0.15, -0.1) is 0 Å². The zero-order valence-corrected chi connectivity index (χ0v) is 14.6. The van der Waals surface area contributed by atoms with Crippen molar-refractivity contribution in [2.75, 3.05) is 13.1 Å². The van der Waals surface area contributed by atoms with Crippen LogP contribution in [0.4, 0.5) is 0 Å². The summed E-state index contributed by atoms with van der Waals surface area (Å²) >= 11 is 7.63. The fraction of sp³-hybridized carbons (Fsp3) is 0.294. The summed E-state index contributed by atoms with van der Waals surface area (Å²) in [6.07, 6.45) is 2.12. The molecule has 1 aromatic carbocycles. The maximum Gasteiger partial charge on any atom is 0.271 e. The lowest BCUT2D eigenvalue weighted by atomic mass is 10.1. The highest BCUT2D eigenvalue weighted by Crippen LogP contribution is 2.32. The number of hydrogen-bond acceptors (Lipinski definition) is 4. The first kappa shape index (κ1) is 17.0. The number of hydrazine groups is 1. The molecule has 0 saturated carbocycles. The van der Waals surface area contributed by atoms with Gasteiger partial charge in [0.25, 0.3) is 11.8 Å². The van der Waals surface area contributed by atoms with Crippen LogP contribution in [0.3, 0.4) is 0 Å². The summed E-state index contributed by atoms with van der Waals surface area (Å²) in [4.78, 5) is 26.3. The van der Waals surface area contributed by atoms with Crippen LogP contribution in [0.1, 0.15) is 34.8 Å². The van der Waals surface area contributed by atoms with Gasteiger partial charge in [-0.05, 0) is 53.9 Å². The van der Waals surface area contributed by atoms with E-state index in [2.05, 4.69) is 32.6 Å². The fourth-order valence-corrected chi connectivity index (χ4v) is 3.85. The second-order valence-electron chi connectivity index (χ2n) is 5.67. The Balaban J connectivity index is 1.52. The molecule has 1 unspecified atom stereocenters. The number of thiophene rings is 1. The van der Waals surface area contributed by atoms with Crippen LogP contribution in [0.2, 0.25) is 5.02 Å². The molecule has 1 aliphatic rings. The lowest BCUT2D eigenvalue weighted by molar-refractivity contribution is -0.123. The van der Waals surface area contributed by atoms with Gasteiger partial charge in [0.05, 0.1) is 17.1 Å². The molecule has 24 heavy (non-hydrogen) atoms. The van der Waals surface area contributed by atoms with E-state index in [0.717, 1.165) is 19.4 Å². The van der Waals surface area contributed by atoms with Gasteiger partial charge >= 0.3 is 0 Å². The highest BCUT2D eigenvalue weighted by molar-refractivity contribution is 7.07. The van der Waals surface area contributed by atoms with Crippen LogP contribution >= 0.6 is 22.9 Å². The quantitative estimate of drug-likeness (QED) is 0.821. The molecule has 1 atom stereocenters. The van der Waals surface area contributed by atoms with Crippen molar-refractivity contribution in [2.45, 2.75) is 18.9 Å². The van der Waals surface area contributed by atoms with E-state index in [4.69, 9.17) is 11.6 Å². The molecule has 5 nitrogen and oxygen atoms in total. The first-order chi connectivity index (χ1) is 11.6. The van der Waals surface area contributed by atoms with Gasteiger partial charge in [-0.25, -0.2) is 0 Å². The molecule has 7 heteroatoms. The van der Waals surface area contributed by atoms with Crippen LogP contribution in [-0.2, 0) is 4.79 Å². The van der Waals surface area contributed by atoms with Crippen LogP contribution in [0.5, 0.6) is 0 Å². The number of nitrogens with one attached hydrogen (secondary N) is 2. The van der Waals surface area contributed by atoms with Gasteiger partial charge in [0, 0.05) is 6.04 Å². The molecule has 2 aromatic rings. The zero-order chi connectivity index (χ0) is 16.9. The first-order valence-corrected chi connectivity index (χ1v) is 9.07. The fourth-order valence-electron chi connectivity index (χ4n) is 2.92. The Morgan fingerprint density at radius 1 is 1.25 bits per heavy atom. The maximum atomic E-state index is 12.1. The molecule has 1 aromatic heterocycles. The molecule has 2 heterocycles. The Hall–Kier alpha value is -1.89. The predicted molar refractivity (Wildman–Crippen MR) is 94.9 cm³/mol. The maximum absolute atomic E-state index is 12.1. The third-order valence-corrected chi connectivity index (χ3v) is 5.10. The van der Waals surface area contributed by atoms with E-state index >= 15 is 0 Å². The third-order valence-electron chi connectivity index (χ3n) is 4.07. The largest absolute Gasteiger partial charge is 0.287 e. The highest BCUT2D eigenvalue weighted by atomic mass is 35.5. The SMILES string of the molecule is O=C(CN1CCCC1c1ccsc1)NNC(=O)c1ccccc1Cl. The molecule has 0 bridgehead atoms. The van der Waals surface area contributed by atoms with Crippen LogP contribution < -0.4 is 10.9 Å². The Labute approximate surface area is 149 Å². The third kappa shape index (κ3) is 3.95. The van der Waals surface area contributed by atoms with Crippen LogP contribution in [0, 0.1) is 0 Å². The summed E-state index contributed by atoms with van der Waals surface area (Å²) in [6.45, 7) is 1.13. The number of halogens is 1. The van der Waals surface area contributed by atoms with Gasteiger partial charge < -0.3 is 0 Å². The smallest absolute Gasteiger partial charge is 0.271 e. The molecule has 126 valence electrons. The second-order valence-corrected chi connectivity index (χ2v) is 6.85. The van der Waals surface area contributed by atoms with Crippen LogP contribution in [0.15, 0.2) is 41.1 Å². The van der Waals surface area contributed by atoms with Crippen LogP contribution in [-0.4, -0.2) is 29.8 Å². The molecule has 0 aliphatic carbocycles. The number of likely N-dealkylation sites (tertiary alicyclic amines) is 1. The van der Waals surface area contributed by atoms with Crippen molar-refractivity contribution in [3.05, 3.63) is 57.2 Å². The van der Waals surface area contributed by atoms with E-state index in [1.165, 1.54) is 5.56 Å². The van der Waals surface area contributed by atoms with Gasteiger partial charge in [0.1, 0.15) is 0 Å². The lowest BCUT2D eigenvalue weighted by Gasteiger charge is -2.23. The van der Waals surface area contributed by atoms with Crippen molar-refractivity contribution in [1.29, 1.82) is 0 Å². The summed E-state index contributed by atoms with van der Waals surface area (Å²) in [6, 6.07) is 9.09. The number of hydrogen-bond donors (Lipinski definition) is 2. The van der Waals surface area contributed by atoms with Gasteiger partial charge in [0.2, 0.25) is 0 Å². The Morgan fingerprint density at radius 3 is 2.83 bits per heavy atom. The van der Waals surface area contributed by atoms with Gasteiger partial charge in [-0.1, -0.05) is 23.7 Å². The monoisotopic (exact) mass is 363 g/mol. The average Bonchev–Trinajstić information content (AvgIpc) is 3.24. The van der Waals surface area contributed by atoms with Crippen molar-refractivity contribution in [1.82, 2.24) is 15.8 Å². The summed E-state index contributed by atoms with van der Waals surface area (Å²) < 4.78 is 0. The predicted octanol–water partition coefficient (Wildman–Crippen LogP) is 3.00. The van der Waals surface area contributed by atoms with E-state index in [1.807, 2.05) is 0 Å². The zero-order valence-electron chi connectivity index (χ0n) is 13.0. The highest BCUT2D eigenvalue weighted by Gasteiger charge is 2.27. The molecule has 2 N–H and O–H groups in total. The van der Waals surface area contributed by atoms with Crippen LogP contribution in [0.25, 0.3) is 0 Å². The number of carbonyl (C=O) groups excluding carboxylic acids is 2. The van der Waals surface area contributed by atoms with E-state index in [0.29, 0.717) is 10.6 Å². The van der Waals surface area contributed by atoms with E-state index in [9.17, 15) is 9.59 Å². The van der Waals surface area contributed by atoms with Crippen molar-refractivity contribution in [3.8, 4) is 0 Å². The van der Waals surface area contributed by atoms with E-state index < -0.39 is 5.91 Å². The minimum Gasteiger partial charge on any atom is -0.287 e. The van der Waals surface area contributed by atoms with E-state index in [1.54, 1.807) is 35.6 Å². The van der Waals surface area contributed by atoms with E-state index in [-0.39, 0.29) is 18.5 Å². The minimum absolute atomic E-state index is 0.238. The minimum atomic E-state index is -0.426. The summed E-state index contributed by atoms with van der Waals surface area (Å²) in [7, 11) is 0. The molecule has 1 fully saturated rings. The molecule has 2 amide bonds. The molecule has 1 saturated heterocycles. The molecule has 0 spiro atoms. The van der Waals surface area contributed by atoms with Crippen molar-refractivity contribution < 1.29 is 9.59 Å². The van der Waals surface area contributed by atoms with Crippen molar-refractivity contribution >= 4 is 34.8 Å². The number of amides is 2. The summed E-state index contributed by atoms with van der Waals surface area (Å²) in [5, 5.41) is 4.52. The molecular weight excluding hydrogens is 346 g/mol. The molecular formula is C17H18ClN3O2S. The normalized spacial score (nSPS) is 17.6. The molecule has 1 aliphatic heterocycles. The number of rotatable bonds is 4. The standard InChI is InChI=1S/C17H18ClN3O2S/c18-14-5-2-1-4-13(14)17(23)20-19-16(22)10-21-8-3-6-15(21)12-7-9-24-11-12/h1-2,4-5,7,9,11,15H,3,6,8,10H2,(H,19,22)(H,20,23).